The van der Waals surface area contributed by atoms with Crippen molar-refractivity contribution in [2.45, 2.75) is 25.8 Å². The van der Waals surface area contributed by atoms with E-state index in [1.807, 2.05) is 30.3 Å². The molecule has 1 fully saturated rings. The van der Waals surface area contributed by atoms with Crippen molar-refractivity contribution >= 4 is 22.7 Å². The van der Waals surface area contributed by atoms with Gasteiger partial charge in [0.05, 0.1) is 22.8 Å². The largest absolute Gasteiger partial charge is 0.477 e. The molecule has 1 amide bonds. The Morgan fingerprint density at radius 1 is 1.36 bits per heavy atom. The summed E-state index contributed by atoms with van der Waals surface area (Å²) >= 11 is 0. The molecule has 1 saturated heterocycles. The third kappa shape index (κ3) is 2.27. The molecule has 1 aromatic carbocycles. The van der Waals surface area contributed by atoms with Crippen LogP contribution >= 0.6 is 0 Å². The molecule has 3 rings (SSSR count). The Balaban J connectivity index is 1.83. The minimum absolute atomic E-state index is 0.0560. The molecule has 0 aromatic heterocycles. The summed E-state index contributed by atoms with van der Waals surface area (Å²) in [6, 6.07) is 9.51. The number of β-lactam (4-membered cyclic amide) rings is 1. The van der Waals surface area contributed by atoms with Crippen LogP contribution in [0.3, 0.4) is 0 Å². The lowest BCUT2D eigenvalue weighted by atomic mass is 9.82. The first kappa shape index (κ1) is 15.0. The number of nitrogens with zero attached hydrogens (tertiary/aromatic N) is 1. The van der Waals surface area contributed by atoms with Gasteiger partial charge in [-0.1, -0.05) is 37.3 Å². The molecular formula is C16H17NO4S. The van der Waals surface area contributed by atoms with Crippen LogP contribution in [0.5, 0.6) is 0 Å². The summed E-state index contributed by atoms with van der Waals surface area (Å²) in [5.41, 5.74) is 1.00. The molecule has 0 spiro atoms. The summed E-state index contributed by atoms with van der Waals surface area (Å²) in [6.07, 6.45) is 1.01. The van der Waals surface area contributed by atoms with Gasteiger partial charge in [-0.05, 0) is 12.0 Å². The van der Waals surface area contributed by atoms with E-state index in [9.17, 15) is 18.9 Å². The number of carbonyl (C=O) groups is 2. The number of carboxylic acids is 1. The molecule has 1 N–H and O–H groups in total. The topological polar surface area (TPSA) is 74.7 Å². The molecule has 2 aliphatic rings. The third-order valence-electron chi connectivity index (χ3n) is 4.29. The lowest BCUT2D eigenvalue weighted by Crippen LogP contribution is -2.59. The number of amides is 1. The zero-order valence-corrected chi connectivity index (χ0v) is 13.0. The molecule has 0 radical (unpaired) electrons. The van der Waals surface area contributed by atoms with E-state index in [1.165, 1.54) is 4.90 Å². The Hall–Kier alpha value is -1.95. The summed E-state index contributed by atoms with van der Waals surface area (Å²) in [6.45, 7) is 1.75. The van der Waals surface area contributed by atoms with Crippen molar-refractivity contribution in [2.24, 2.45) is 5.92 Å². The first-order valence-corrected chi connectivity index (χ1v) is 8.58. The van der Waals surface area contributed by atoms with Crippen LogP contribution in [0.1, 0.15) is 18.9 Å². The average molecular weight is 319 g/mol. The first-order valence-electron chi connectivity index (χ1n) is 7.26. The van der Waals surface area contributed by atoms with Crippen molar-refractivity contribution in [1.29, 1.82) is 0 Å². The van der Waals surface area contributed by atoms with Gasteiger partial charge in [-0.3, -0.25) is 9.00 Å². The number of rotatable bonds is 5. The van der Waals surface area contributed by atoms with Crippen LogP contribution in [-0.2, 0) is 26.8 Å². The summed E-state index contributed by atoms with van der Waals surface area (Å²) in [5, 5.41) is 9.36. The standard InChI is InChI=1S/C16H17NO4S/c1-2-22(21)13-9-12-11(8-10-6-4-3-5-7-10)15(18)17(12)14(13)16(19)20/h3-7,11-12H,2,8-9H2,1H3,(H,19,20). The van der Waals surface area contributed by atoms with E-state index < -0.39 is 16.8 Å². The number of carbonyl (C=O) groups excluding carboxylic acids is 1. The van der Waals surface area contributed by atoms with E-state index in [4.69, 9.17) is 0 Å². The van der Waals surface area contributed by atoms with Gasteiger partial charge >= 0.3 is 5.97 Å². The van der Waals surface area contributed by atoms with Crippen LogP contribution in [0, 0.1) is 5.92 Å². The van der Waals surface area contributed by atoms with Gasteiger partial charge in [0.2, 0.25) is 5.91 Å². The molecule has 0 aliphatic carbocycles. The summed E-state index contributed by atoms with van der Waals surface area (Å²) in [7, 11) is -1.33. The maximum atomic E-state index is 12.3. The van der Waals surface area contributed by atoms with E-state index in [2.05, 4.69) is 0 Å². The second-order valence-corrected chi connectivity index (χ2v) is 7.25. The van der Waals surface area contributed by atoms with Gasteiger partial charge in [0.1, 0.15) is 5.70 Å². The molecule has 2 aliphatic heterocycles. The fraction of sp³-hybridized carbons (Fsp3) is 0.375. The number of aliphatic carboxylic acids is 1. The van der Waals surface area contributed by atoms with Crippen molar-refractivity contribution in [3.63, 3.8) is 0 Å². The minimum atomic E-state index is -1.33. The molecular weight excluding hydrogens is 302 g/mol. The van der Waals surface area contributed by atoms with Gasteiger partial charge in [0.25, 0.3) is 0 Å². The Morgan fingerprint density at radius 3 is 2.64 bits per heavy atom. The molecule has 1 aromatic rings. The Bertz CT molecular complexity index is 683. The van der Waals surface area contributed by atoms with Gasteiger partial charge in [0.15, 0.2) is 0 Å². The molecule has 0 bridgehead atoms. The van der Waals surface area contributed by atoms with Crippen molar-refractivity contribution in [3.05, 3.63) is 46.5 Å². The highest BCUT2D eigenvalue weighted by atomic mass is 32.2. The zero-order valence-electron chi connectivity index (χ0n) is 12.2. The SMILES string of the molecule is CCS(=O)C1=C(C(=O)O)N2C(=O)C(Cc3ccccc3)C2C1. The molecule has 6 heteroatoms. The van der Waals surface area contributed by atoms with Crippen molar-refractivity contribution in [3.8, 4) is 0 Å². The molecule has 0 saturated carbocycles. The maximum Gasteiger partial charge on any atom is 0.353 e. The van der Waals surface area contributed by atoms with E-state index in [1.54, 1.807) is 6.92 Å². The zero-order chi connectivity index (χ0) is 15.9. The fourth-order valence-corrected chi connectivity index (χ4v) is 4.33. The normalized spacial score (nSPS) is 25.0. The predicted molar refractivity (Wildman–Crippen MR) is 82.2 cm³/mol. The highest BCUT2D eigenvalue weighted by Gasteiger charge is 2.55. The smallest absolute Gasteiger partial charge is 0.353 e. The molecule has 3 unspecified atom stereocenters. The maximum absolute atomic E-state index is 12.3. The van der Waals surface area contributed by atoms with Gasteiger partial charge in [-0.2, -0.15) is 0 Å². The molecule has 5 nitrogen and oxygen atoms in total. The molecule has 2 heterocycles. The quantitative estimate of drug-likeness (QED) is 0.835. The lowest BCUT2D eigenvalue weighted by molar-refractivity contribution is -0.154. The summed E-state index contributed by atoms with van der Waals surface area (Å²) in [4.78, 5) is 25.5. The van der Waals surface area contributed by atoms with Crippen molar-refractivity contribution in [1.82, 2.24) is 4.90 Å². The number of hydrogen-bond acceptors (Lipinski definition) is 3. The molecule has 116 valence electrons. The lowest BCUT2D eigenvalue weighted by Gasteiger charge is -2.43. The molecule has 22 heavy (non-hydrogen) atoms. The van der Waals surface area contributed by atoms with Crippen molar-refractivity contribution in [2.75, 3.05) is 5.75 Å². The van der Waals surface area contributed by atoms with Crippen molar-refractivity contribution < 1.29 is 18.9 Å². The van der Waals surface area contributed by atoms with Crippen LogP contribution in [0.4, 0.5) is 0 Å². The number of fused-ring (bicyclic) bond motifs is 1. The van der Waals surface area contributed by atoms with Crippen LogP contribution < -0.4 is 0 Å². The van der Waals surface area contributed by atoms with Crippen LogP contribution in [0.25, 0.3) is 0 Å². The van der Waals surface area contributed by atoms with Gasteiger partial charge < -0.3 is 10.0 Å². The summed E-state index contributed by atoms with van der Waals surface area (Å²) in [5.74, 6) is -1.19. The second-order valence-electron chi connectivity index (χ2n) is 5.49. The number of hydrogen-bond donors (Lipinski definition) is 1. The van der Waals surface area contributed by atoms with E-state index in [-0.39, 0.29) is 23.6 Å². The highest BCUT2D eigenvalue weighted by molar-refractivity contribution is 7.89. The minimum Gasteiger partial charge on any atom is -0.477 e. The van der Waals surface area contributed by atoms with E-state index in [0.717, 1.165) is 5.56 Å². The van der Waals surface area contributed by atoms with E-state index in [0.29, 0.717) is 23.5 Å². The van der Waals surface area contributed by atoms with E-state index >= 15 is 0 Å². The molecule has 3 atom stereocenters. The number of benzene rings is 1. The summed E-state index contributed by atoms with van der Waals surface area (Å²) < 4.78 is 12.1. The monoisotopic (exact) mass is 319 g/mol. The Kier molecular flexibility index (Phi) is 3.87. The van der Waals surface area contributed by atoms with Gasteiger partial charge in [-0.15, -0.1) is 0 Å². The van der Waals surface area contributed by atoms with Crippen LogP contribution in [0.15, 0.2) is 40.9 Å². The average Bonchev–Trinajstić information content (AvgIpc) is 2.89. The van der Waals surface area contributed by atoms with Crippen LogP contribution in [-0.4, -0.2) is 37.9 Å². The first-order chi connectivity index (χ1) is 10.5. The second kappa shape index (κ2) is 5.68. The Morgan fingerprint density at radius 2 is 2.05 bits per heavy atom. The van der Waals surface area contributed by atoms with Crippen LogP contribution in [0.2, 0.25) is 0 Å². The number of carboxylic acid groups (broad SMARTS) is 1. The predicted octanol–water partition coefficient (Wildman–Crippen LogP) is 1.52. The fourth-order valence-electron chi connectivity index (χ4n) is 3.22. The Labute approximate surface area is 131 Å². The van der Waals surface area contributed by atoms with Gasteiger partial charge in [0, 0.05) is 17.1 Å². The van der Waals surface area contributed by atoms with Gasteiger partial charge in [-0.25, -0.2) is 4.79 Å². The third-order valence-corrected chi connectivity index (χ3v) is 5.72. The highest BCUT2D eigenvalue weighted by Crippen LogP contribution is 2.44.